The topological polar surface area (TPSA) is 61.4 Å². The van der Waals surface area contributed by atoms with E-state index in [1.54, 1.807) is 11.8 Å². The second-order valence-corrected chi connectivity index (χ2v) is 5.39. The van der Waals surface area contributed by atoms with Crippen molar-refractivity contribution in [2.75, 3.05) is 18.6 Å². The summed E-state index contributed by atoms with van der Waals surface area (Å²) in [7, 11) is 0. The van der Waals surface area contributed by atoms with Crippen LogP contribution in [0.5, 0.6) is 0 Å². The average Bonchev–Trinajstić information content (AvgIpc) is 2.15. The summed E-state index contributed by atoms with van der Waals surface area (Å²) in [5, 5.41) is 14.7. The van der Waals surface area contributed by atoms with Crippen molar-refractivity contribution in [3.63, 3.8) is 0 Å². The Morgan fingerprint density at radius 1 is 1.31 bits per heavy atom. The second-order valence-electron chi connectivity index (χ2n) is 4.48. The number of hydrogen-bond donors (Lipinski definition) is 3. The minimum atomic E-state index is -0.193. The van der Waals surface area contributed by atoms with Crippen molar-refractivity contribution in [1.82, 2.24) is 10.6 Å². The Bertz CT molecular complexity index is 200. The standard InChI is InChI=1S/C11H24N2O2S/c1-8(2)5-10(6-14)13-11(15)12-9(3)7-16-4/h8-10,14H,5-7H2,1-4H3,(H2,12,13,15)/t9-,10+/m1/s1. The van der Waals surface area contributed by atoms with Gasteiger partial charge >= 0.3 is 6.03 Å². The minimum Gasteiger partial charge on any atom is -0.394 e. The van der Waals surface area contributed by atoms with Crippen LogP contribution in [0.4, 0.5) is 4.79 Å². The van der Waals surface area contributed by atoms with Crippen molar-refractivity contribution in [3.8, 4) is 0 Å². The lowest BCUT2D eigenvalue weighted by Gasteiger charge is -2.20. The maximum atomic E-state index is 11.5. The highest BCUT2D eigenvalue weighted by molar-refractivity contribution is 7.98. The first-order valence-corrected chi connectivity index (χ1v) is 7.05. The summed E-state index contributed by atoms with van der Waals surface area (Å²) in [6.45, 7) is 6.09. The van der Waals surface area contributed by atoms with Crippen LogP contribution in [0.25, 0.3) is 0 Å². The molecule has 0 fully saturated rings. The lowest BCUT2D eigenvalue weighted by molar-refractivity contribution is 0.205. The Labute approximate surface area is 103 Å². The lowest BCUT2D eigenvalue weighted by atomic mass is 10.0. The fourth-order valence-corrected chi connectivity index (χ4v) is 2.07. The lowest BCUT2D eigenvalue weighted by Crippen LogP contribution is -2.47. The molecule has 5 heteroatoms. The molecule has 2 atom stereocenters. The number of thioether (sulfide) groups is 1. The fourth-order valence-electron chi connectivity index (χ4n) is 1.49. The van der Waals surface area contributed by atoms with Gasteiger partial charge < -0.3 is 15.7 Å². The van der Waals surface area contributed by atoms with Crippen molar-refractivity contribution >= 4 is 17.8 Å². The van der Waals surface area contributed by atoms with E-state index >= 15 is 0 Å². The molecule has 0 rings (SSSR count). The van der Waals surface area contributed by atoms with Crippen LogP contribution in [-0.4, -0.2) is 41.8 Å². The molecule has 0 bridgehead atoms. The Balaban J connectivity index is 3.91. The molecule has 0 saturated heterocycles. The molecular weight excluding hydrogens is 224 g/mol. The summed E-state index contributed by atoms with van der Waals surface area (Å²) < 4.78 is 0. The molecule has 0 aromatic rings. The molecule has 0 aromatic carbocycles. The van der Waals surface area contributed by atoms with E-state index in [1.807, 2.05) is 13.2 Å². The van der Waals surface area contributed by atoms with E-state index in [2.05, 4.69) is 24.5 Å². The van der Waals surface area contributed by atoms with Crippen LogP contribution in [0.15, 0.2) is 0 Å². The Hall–Kier alpha value is -0.420. The highest BCUT2D eigenvalue weighted by atomic mass is 32.2. The third-order valence-electron chi connectivity index (χ3n) is 2.11. The zero-order valence-corrected chi connectivity index (χ0v) is 11.4. The van der Waals surface area contributed by atoms with E-state index in [1.165, 1.54) is 0 Å². The van der Waals surface area contributed by atoms with E-state index < -0.39 is 0 Å². The summed E-state index contributed by atoms with van der Waals surface area (Å²) in [6, 6.07) is -0.198. The highest BCUT2D eigenvalue weighted by Crippen LogP contribution is 2.04. The van der Waals surface area contributed by atoms with Gasteiger partial charge in [-0.15, -0.1) is 0 Å². The van der Waals surface area contributed by atoms with Gasteiger partial charge in [-0.1, -0.05) is 13.8 Å². The van der Waals surface area contributed by atoms with Crippen LogP contribution in [0.2, 0.25) is 0 Å². The fraction of sp³-hybridized carbons (Fsp3) is 0.909. The van der Waals surface area contributed by atoms with Gasteiger partial charge in [-0.05, 0) is 25.5 Å². The van der Waals surface area contributed by atoms with Crippen molar-refractivity contribution < 1.29 is 9.90 Å². The largest absolute Gasteiger partial charge is 0.394 e. The van der Waals surface area contributed by atoms with E-state index in [-0.39, 0.29) is 24.7 Å². The zero-order chi connectivity index (χ0) is 12.6. The number of carbonyl (C=O) groups excluding carboxylic acids is 1. The summed E-state index contributed by atoms with van der Waals surface area (Å²) >= 11 is 1.70. The van der Waals surface area contributed by atoms with Crippen LogP contribution in [0, 0.1) is 5.92 Å². The first-order chi connectivity index (χ1) is 7.49. The number of nitrogens with one attached hydrogen (secondary N) is 2. The molecule has 0 aromatic heterocycles. The summed E-state index contributed by atoms with van der Waals surface area (Å²) in [6.07, 6.45) is 2.80. The molecule has 96 valence electrons. The van der Waals surface area contributed by atoms with Gasteiger partial charge in [-0.2, -0.15) is 11.8 Å². The number of aliphatic hydroxyl groups excluding tert-OH is 1. The number of amides is 2. The Morgan fingerprint density at radius 3 is 2.38 bits per heavy atom. The normalized spacial score (nSPS) is 14.6. The smallest absolute Gasteiger partial charge is 0.315 e. The Kier molecular flexibility index (Phi) is 8.47. The number of hydrogen-bond acceptors (Lipinski definition) is 3. The molecule has 0 heterocycles. The van der Waals surface area contributed by atoms with Gasteiger partial charge in [0.25, 0.3) is 0 Å². The molecule has 0 aliphatic carbocycles. The van der Waals surface area contributed by atoms with Crippen LogP contribution >= 0.6 is 11.8 Å². The van der Waals surface area contributed by atoms with Crippen molar-refractivity contribution in [2.45, 2.75) is 39.3 Å². The third kappa shape index (κ3) is 7.82. The summed E-state index contributed by atoms with van der Waals surface area (Å²) in [4.78, 5) is 11.5. The zero-order valence-electron chi connectivity index (χ0n) is 10.6. The first kappa shape index (κ1) is 15.6. The predicted octanol–water partition coefficient (Wildman–Crippen LogP) is 1.44. The summed E-state index contributed by atoms with van der Waals surface area (Å²) in [5.41, 5.74) is 0. The molecule has 3 N–H and O–H groups in total. The maximum absolute atomic E-state index is 11.5. The van der Waals surface area contributed by atoms with Crippen molar-refractivity contribution in [1.29, 1.82) is 0 Å². The molecule has 0 aliphatic rings. The van der Waals surface area contributed by atoms with Gasteiger partial charge in [-0.3, -0.25) is 0 Å². The van der Waals surface area contributed by atoms with Crippen LogP contribution in [0.1, 0.15) is 27.2 Å². The van der Waals surface area contributed by atoms with Gasteiger partial charge in [0.2, 0.25) is 0 Å². The highest BCUT2D eigenvalue weighted by Gasteiger charge is 2.13. The van der Waals surface area contributed by atoms with Gasteiger partial charge in [0.05, 0.1) is 12.6 Å². The van der Waals surface area contributed by atoms with Crippen LogP contribution in [-0.2, 0) is 0 Å². The molecule has 2 amide bonds. The molecule has 0 aliphatic heterocycles. The molecular formula is C11H24N2O2S. The van der Waals surface area contributed by atoms with Gasteiger partial charge in [0.15, 0.2) is 0 Å². The van der Waals surface area contributed by atoms with Crippen molar-refractivity contribution in [3.05, 3.63) is 0 Å². The van der Waals surface area contributed by atoms with Crippen LogP contribution in [0.3, 0.4) is 0 Å². The average molecular weight is 248 g/mol. The molecule has 4 nitrogen and oxygen atoms in total. The molecule has 0 spiro atoms. The summed E-state index contributed by atoms with van der Waals surface area (Å²) in [5.74, 6) is 1.35. The van der Waals surface area contributed by atoms with E-state index in [0.717, 1.165) is 12.2 Å². The minimum absolute atomic E-state index is 0.0114. The Morgan fingerprint density at radius 2 is 1.94 bits per heavy atom. The van der Waals surface area contributed by atoms with Gasteiger partial charge in [0, 0.05) is 11.8 Å². The van der Waals surface area contributed by atoms with E-state index in [4.69, 9.17) is 5.11 Å². The number of urea groups is 1. The van der Waals surface area contributed by atoms with Gasteiger partial charge in [0.1, 0.15) is 0 Å². The molecule has 16 heavy (non-hydrogen) atoms. The molecule has 0 unspecified atom stereocenters. The predicted molar refractivity (Wildman–Crippen MR) is 69.8 cm³/mol. The monoisotopic (exact) mass is 248 g/mol. The first-order valence-electron chi connectivity index (χ1n) is 5.66. The molecule has 0 radical (unpaired) electrons. The molecule has 0 saturated carbocycles. The van der Waals surface area contributed by atoms with E-state index in [0.29, 0.717) is 5.92 Å². The second kappa shape index (κ2) is 8.70. The van der Waals surface area contributed by atoms with Crippen molar-refractivity contribution in [2.24, 2.45) is 5.92 Å². The van der Waals surface area contributed by atoms with Gasteiger partial charge in [-0.25, -0.2) is 4.79 Å². The number of rotatable bonds is 7. The quantitative estimate of drug-likeness (QED) is 0.639. The number of carbonyl (C=O) groups is 1. The number of aliphatic hydroxyl groups is 1. The van der Waals surface area contributed by atoms with E-state index in [9.17, 15) is 4.79 Å². The SMILES string of the molecule is CSC[C@@H](C)NC(=O)N[C@H](CO)CC(C)C. The van der Waals surface area contributed by atoms with Crippen LogP contribution < -0.4 is 10.6 Å². The third-order valence-corrected chi connectivity index (χ3v) is 2.94. The maximum Gasteiger partial charge on any atom is 0.315 e.